The molecule has 4 rings (SSSR count). The highest BCUT2D eigenvalue weighted by Gasteiger charge is 2.30. The normalized spacial score (nSPS) is 12.4. The van der Waals surface area contributed by atoms with Gasteiger partial charge in [-0.3, -0.25) is 4.79 Å². The summed E-state index contributed by atoms with van der Waals surface area (Å²) in [7, 11) is 0. The lowest BCUT2D eigenvalue weighted by molar-refractivity contribution is -0.137. The predicted molar refractivity (Wildman–Crippen MR) is 125 cm³/mol. The molecular formula is C25H22F3N5O. The topological polar surface area (TPSA) is 96.7 Å². The average molecular weight is 465 g/mol. The van der Waals surface area contributed by atoms with Crippen molar-refractivity contribution < 1.29 is 13.2 Å². The Labute approximate surface area is 193 Å². The zero-order chi connectivity index (χ0) is 24.3. The molecule has 0 spiro atoms. The maximum absolute atomic E-state index is 13.3. The first-order valence-corrected chi connectivity index (χ1v) is 10.5. The summed E-state index contributed by atoms with van der Waals surface area (Å²) in [6.45, 7) is 1.93. The number of aromatic nitrogens is 3. The van der Waals surface area contributed by atoms with Crippen LogP contribution in [0.3, 0.4) is 0 Å². The van der Waals surface area contributed by atoms with Gasteiger partial charge in [0.05, 0.1) is 23.0 Å². The summed E-state index contributed by atoms with van der Waals surface area (Å²) in [4.78, 5) is 24.0. The van der Waals surface area contributed by atoms with Crippen molar-refractivity contribution in [1.82, 2.24) is 15.0 Å². The van der Waals surface area contributed by atoms with Gasteiger partial charge in [-0.1, -0.05) is 42.5 Å². The van der Waals surface area contributed by atoms with Crippen LogP contribution in [-0.4, -0.2) is 15.0 Å². The lowest BCUT2D eigenvalue weighted by Gasteiger charge is -2.16. The first-order valence-electron chi connectivity index (χ1n) is 10.5. The van der Waals surface area contributed by atoms with Crippen LogP contribution in [0.15, 0.2) is 77.7 Å². The van der Waals surface area contributed by atoms with Gasteiger partial charge in [0.1, 0.15) is 0 Å². The number of nitrogens with one attached hydrogen (secondary N) is 2. The molecule has 1 unspecified atom stereocenters. The maximum atomic E-state index is 13.3. The van der Waals surface area contributed by atoms with Crippen LogP contribution in [0.1, 0.15) is 29.7 Å². The Hall–Kier alpha value is -3.98. The molecule has 9 heteroatoms. The van der Waals surface area contributed by atoms with Gasteiger partial charge in [-0.25, -0.2) is 9.97 Å². The second kappa shape index (κ2) is 9.48. The van der Waals surface area contributed by atoms with Crippen LogP contribution in [-0.2, 0) is 12.7 Å². The number of hydrogen-bond donors (Lipinski definition) is 3. The van der Waals surface area contributed by atoms with Crippen LogP contribution in [0.5, 0.6) is 0 Å². The summed E-state index contributed by atoms with van der Waals surface area (Å²) < 4.78 is 39.9. The molecule has 0 aliphatic heterocycles. The fraction of sp³-hybridized carbons (Fsp3) is 0.160. The van der Waals surface area contributed by atoms with Crippen LogP contribution in [0.25, 0.3) is 22.5 Å². The fourth-order valence-electron chi connectivity index (χ4n) is 3.60. The zero-order valence-corrected chi connectivity index (χ0v) is 18.2. The number of benzene rings is 2. The van der Waals surface area contributed by atoms with Gasteiger partial charge >= 0.3 is 6.18 Å². The van der Waals surface area contributed by atoms with E-state index in [1.54, 1.807) is 18.3 Å². The number of nitrogens with zero attached hydrogens (tertiary/aromatic N) is 2. The predicted octanol–water partition coefficient (Wildman–Crippen LogP) is 5.15. The molecule has 0 radical (unpaired) electrons. The maximum Gasteiger partial charge on any atom is 0.416 e. The number of H-pyrrole nitrogens is 1. The van der Waals surface area contributed by atoms with E-state index in [-0.39, 0.29) is 29.4 Å². The number of anilines is 1. The molecule has 4 N–H and O–H groups in total. The van der Waals surface area contributed by atoms with Gasteiger partial charge in [0.25, 0.3) is 5.56 Å². The highest BCUT2D eigenvalue weighted by atomic mass is 19.4. The molecule has 0 saturated carbocycles. The number of hydrogen-bond acceptors (Lipinski definition) is 5. The van der Waals surface area contributed by atoms with Crippen molar-refractivity contribution in [3.05, 3.63) is 100.0 Å². The van der Waals surface area contributed by atoms with Gasteiger partial charge in [-0.05, 0) is 42.3 Å². The van der Waals surface area contributed by atoms with E-state index in [2.05, 4.69) is 20.3 Å². The fourth-order valence-corrected chi connectivity index (χ4v) is 3.60. The summed E-state index contributed by atoms with van der Waals surface area (Å²) in [5, 5.41) is 3.23. The Kier molecular flexibility index (Phi) is 6.47. The third-order valence-corrected chi connectivity index (χ3v) is 5.39. The molecule has 34 heavy (non-hydrogen) atoms. The lowest BCUT2D eigenvalue weighted by atomic mass is 9.99. The molecule has 6 nitrogen and oxygen atoms in total. The molecule has 2 aromatic carbocycles. The van der Waals surface area contributed by atoms with Crippen molar-refractivity contribution in [3.63, 3.8) is 0 Å². The van der Waals surface area contributed by atoms with Crippen LogP contribution >= 0.6 is 0 Å². The first-order chi connectivity index (χ1) is 16.3. The second-order valence-corrected chi connectivity index (χ2v) is 7.74. The molecule has 2 heterocycles. The minimum atomic E-state index is -4.52. The highest BCUT2D eigenvalue weighted by Crippen LogP contribution is 2.34. The first kappa shape index (κ1) is 23.2. The summed E-state index contributed by atoms with van der Waals surface area (Å²) >= 11 is 0. The van der Waals surface area contributed by atoms with Crippen molar-refractivity contribution in [3.8, 4) is 22.5 Å². The lowest BCUT2D eigenvalue weighted by Crippen LogP contribution is -2.17. The number of alkyl halides is 3. The van der Waals surface area contributed by atoms with E-state index in [9.17, 15) is 18.0 Å². The van der Waals surface area contributed by atoms with Crippen LogP contribution in [0, 0.1) is 0 Å². The summed E-state index contributed by atoms with van der Waals surface area (Å²) in [5.41, 5.74) is 7.04. The van der Waals surface area contributed by atoms with Gasteiger partial charge in [0, 0.05) is 23.9 Å². The van der Waals surface area contributed by atoms with E-state index in [0.717, 1.165) is 17.7 Å². The average Bonchev–Trinajstić information content (AvgIpc) is 2.84. The molecule has 0 amide bonds. The number of pyridine rings is 1. The second-order valence-electron chi connectivity index (χ2n) is 7.74. The third kappa shape index (κ3) is 4.99. The minimum absolute atomic E-state index is 0.0353. The molecular weight excluding hydrogens is 443 g/mol. The molecule has 4 aromatic rings. The molecule has 1 atom stereocenters. The molecule has 0 bridgehead atoms. The van der Waals surface area contributed by atoms with Crippen molar-refractivity contribution in [1.29, 1.82) is 0 Å². The standard InChI is InChI=1S/C25H22F3N5O/c1-15(16-6-3-2-4-7-16)31-24-30-11-10-21(32-24)20-13-18(14-29)23(34)33-22(20)17-8-5-9-19(12-17)25(26,27)28/h2-13,15H,14,29H2,1H3,(H,33,34)(H,30,31,32). The minimum Gasteiger partial charge on any atom is -0.348 e. The van der Waals surface area contributed by atoms with E-state index >= 15 is 0 Å². The largest absolute Gasteiger partial charge is 0.416 e. The van der Waals surface area contributed by atoms with Gasteiger partial charge < -0.3 is 16.0 Å². The van der Waals surface area contributed by atoms with Gasteiger partial charge in [0.2, 0.25) is 5.95 Å². The number of nitrogens with two attached hydrogens (primary N) is 1. The Balaban J connectivity index is 1.79. The number of rotatable bonds is 6. The highest BCUT2D eigenvalue weighted by molar-refractivity contribution is 5.79. The zero-order valence-electron chi connectivity index (χ0n) is 18.2. The Bertz CT molecular complexity index is 1350. The van der Waals surface area contributed by atoms with E-state index in [4.69, 9.17) is 5.73 Å². The van der Waals surface area contributed by atoms with Gasteiger partial charge in [-0.15, -0.1) is 0 Å². The Morgan fingerprint density at radius 1 is 1.06 bits per heavy atom. The monoisotopic (exact) mass is 465 g/mol. The van der Waals surface area contributed by atoms with E-state index in [1.807, 2.05) is 37.3 Å². The number of halogens is 3. The number of aromatic amines is 1. The summed E-state index contributed by atoms with van der Waals surface area (Å²) in [6, 6.07) is 17.6. The Morgan fingerprint density at radius 2 is 1.82 bits per heavy atom. The van der Waals surface area contributed by atoms with Crippen LogP contribution in [0.4, 0.5) is 19.1 Å². The van der Waals surface area contributed by atoms with E-state index in [1.165, 1.54) is 12.1 Å². The molecule has 0 saturated heterocycles. The molecule has 0 fully saturated rings. The molecule has 174 valence electrons. The molecule has 0 aliphatic carbocycles. The van der Waals surface area contributed by atoms with Crippen LogP contribution in [0.2, 0.25) is 0 Å². The smallest absolute Gasteiger partial charge is 0.348 e. The van der Waals surface area contributed by atoms with E-state index < -0.39 is 17.3 Å². The van der Waals surface area contributed by atoms with Gasteiger partial charge in [-0.2, -0.15) is 13.2 Å². The van der Waals surface area contributed by atoms with Crippen LogP contribution < -0.4 is 16.6 Å². The molecule has 0 aliphatic rings. The summed E-state index contributed by atoms with van der Waals surface area (Å²) in [5.74, 6) is 0.337. The summed E-state index contributed by atoms with van der Waals surface area (Å²) in [6.07, 6.45) is -2.97. The van der Waals surface area contributed by atoms with Crippen molar-refractivity contribution in [2.24, 2.45) is 5.73 Å². The third-order valence-electron chi connectivity index (χ3n) is 5.39. The van der Waals surface area contributed by atoms with Crippen molar-refractivity contribution >= 4 is 5.95 Å². The SMILES string of the molecule is CC(Nc1nccc(-c2cc(CN)c(=O)[nH]c2-c2cccc(C(F)(F)F)c2)n1)c1ccccc1. The van der Waals surface area contributed by atoms with Crippen molar-refractivity contribution in [2.45, 2.75) is 25.7 Å². The van der Waals surface area contributed by atoms with Gasteiger partial charge in [0.15, 0.2) is 0 Å². The molecule has 2 aromatic heterocycles. The quantitative estimate of drug-likeness (QED) is 0.366. The Morgan fingerprint density at radius 3 is 2.53 bits per heavy atom. The van der Waals surface area contributed by atoms with Crippen molar-refractivity contribution in [2.75, 3.05) is 5.32 Å². The van der Waals surface area contributed by atoms with E-state index in [0.29, 0.717) is 17.2 Å².